The Morgan fingerprint density at radius 1 is 0.379 bits per heavy atom. The van der Waals surface area contributed by atoms with E-state index in [1.54, 1.807) is 0 Å². The lowest BCUT2D eigenvalue weighted by Gasteiger charge is -2.28. The van der Waals surface area contributed by atoms with Crippen LogP contribution in [-0.4, -0.2) is 0 Å². The van der Waals surface area contributed by atoms with Gasteiger partial charge in [-0.3, -0.25) is 0 Å². The Labute approximate surface area is 338 Å². The molecule has 58 heavy (non-hydrogen) atoms. The maximum atomic E-state index is 6.69. The van der Waals surface area contributed by atoms with Gasteiger partial charge in [0, 0.05) is 22.1 Å². The summed E-state index contributed by atoms with van der Waals surface area (Å²) in [5, 5.41) is 6.85. The molecule has 0 unspecified atom stereocenters. The van der Waals surface area contributed by atoms with Crippen molar-refractivity contribution in [2.75, 3.05) is 10.6 Å². The summed E-state index contributed by atoms with van der Waals surface area (Å²) >= 11 is 0. The van der Waals surface area contributed by atoms with Crippen molar-refractivity contribution >= 4 is 55.1 Å². The lowest BCUT2D eigenvalue weighted by Crippen LogP contribution is -2.11. The van der Waals surface area contributed by atoms with Gasteiger partial charge >= 0.3 is 0 Å². The van der Waals surface area contributed by atoms with Crippen molar-refractivity contribution in [3.63, 3.8) is 0 Å². The Morgan fingerprint density at radius 3 is 1.83 bits per heavy atom. The molecular weight excluding hydrogens is 705 g/mol. The average molecular weight is 745 g/mol. The zero-order valence-corrected chi connectivity index (χ0v) is 31.9. The molecule has 0 saturated carbocycles. The van der Waals surface area contributed by atoms with Gasteiger partial charge in [-0.25, -0.2) is 0 Å². The number of ether oxygens (including phenoxy) is 1. The van der Waals surface area contributed by atoms with Crippen molar-refractivity contribution in [1.82, 2.24) is 0 Å². The highest BCUT2D eigenvalue weighted by molar-refractivity contribution is 6.05. The predicted octanol–water partition coefficient (Wildman–Crippen LogP) is 14.8. The molecule has 3 nitrogen and oxygen atoms in total. The van der Waals surface area contributed by atoms with Crippen LogP contribution in [0, 0.1) is 0 Å². The highest BCUT2D eigenvalue weighted by Crippen LogP contribution is 2.44. The Hall–Kier alpha value is -7.62. The molecule has 0 bridgehead atoms. The van der Waals surface area contributed by atoms with Crippen LogP contribution in [0.1, 0.15) is 5.56 Å². The minimum Gasteiger partial charge on any atom is -0.486 e. The van der Waals surface area contributed by atoms with E-state index in [0.29, 0.717) is 18.0 Å². The van der Waals surface area contributed by atoms with Gasteiger partial charge in [-0.15, -0.1) is 0 Å². The molecule has 0 amide bonds. The number of nitrogens with zero attached hydrogens (tertiary/aromatic N) is 1. The molecular formula is C55H40N2O. The molecule has 10 rings (SSSR count). The summed E-state index contributed by atoms with van der Waals surface area (Å²) in [6.45, 7) is 0.406. The van der Waals surface area contributed by atoms with Crippen LogP contribution in [0.25, 0.3) is 65.7 Å². The first-order valence-corrected chi connectivity index (χ1v) is 19.7. The van der Waals surface area contributed by atoms with Crippen molar-refractivity contribution in [3.05, 3.63) is 224 Å². The molecule has 0 aliphatic carbocycles. The number of rotatable bonds is 9. The fraction of sp³-hybridized carbons (Fsp3) is 0.0182. The van der Waals surface area contributed by atoms with Gasteiger partial charge in [0.2, 0.25) is 0 Å². The van der Waals surface area contributed by atoms with Crippen LogP contribution < -0.4 is 15.4 Å². The van der Waals surface area contributed by atoms with Gasteiger partial charge < -0.3 is 15.4 Å². The van der Waals surface area contributed by atoms with Crippen LogP contribution in [0.3, 0.4) is 0 Å². The molecule has 276 valence electrons. The first-order valence-electron chi connectivity index (χ1n) is 19.7. The van der Waals surface area contributed by atoms with Crippen molar-refractivity contribution in [3.8, 4) is 39.1 Å². The minimum atomic E-state index is 0.406. The average Bonchev–Trinajstić information content (AvgIpc) is 3.29. The summed E-state index contributed by atoms with van der Waals surface area (Å²) in [6.07, 6.45) is 0. The number of benzene rings is 10. The molecule has 0 aromatic heterocycles. The second-order valence-corrected chi connectivity index (χ2v) is 14.7. The first kappa shape index (κ1) is 34.8. The fourth-order valence-corrected chi connectivity index (χ4v) is 8.19. The number of hydrogen-bond acceptors (Lipinski definition) is 3. The second kappa shape index (κ2) is 15.1. The summed E-state index contributed by atoms with van der Waals surface area (Å²) < 4.78 is 6.61. The van der Waals surface area contributed by atoms with E-state index in [1.807, 2.05) is 6.07 Å². The molecule has 0 atom stereocenters. The van der Waals surface area contributed by atoms with Crippen molar-refractivity contribution in [2.24, 2.45) is 0 Å². The molecule has 2 N–H and O–H groups in total. The van der Waals surface area contributed by atoms with E-state index in [9.17, 15) is 0 Å². The van der Waals surface area contributed by atoms with Gasteiger partial charge in [-0.05, 0) is 121 Å². The van der Waals surface area contributed by atoms with Crippen LogP contribution in [0.5, 0.6) is 5.75 Å². The van der Waals surface area contributed by atoms with Gasteiger partial charge in [0.05, 0.1) is 11.4 Å². The van der Waals surface area contributed by atoms with E-state index in [1.165, 1.54) is 43.8 Å². The predicted molar refractivity (Wildman–Crippen MR) is 245 cm³/mol. The Morgan fingerprint density at radius 2 is 1.03 bits per heavy atom. The lowest BCUT2D eigenvalue weighted by molar-refractivity contribution is 0.312. The normalized spacial score (nSPS) is 11.2. The van der Waals surface area contributed by atoms with E-state index in [2.05, 4.69) is 217 Å². The largest absolute Gasteiger partial charge is 0.486 e. The summed E-state index contributed by atoms with van der Waals surface area (Å²) in [6, 6.07) is 77.5. The molecule has 0 radical (unpaired) electrons. The van der Waals surface area contributed by atoms with Crippen LogP contribution in [0.15, 0.2) is 218 Å². The molecule has 0 heterocycles. The zero-order valence-electron chi connectivity index (χ0n) is 31.9. The van der Waals surface area contributed by atoms with Crippen LogP contribution in [0.4, 0.5) is 22.7 Å². The molecule has 0 spiro atoms. The zero-order chi connectivity index (χ0) is 38.8. The highest BCUT2D eigenvalue weighted by atomic mass is 16.5. The number of anilines is 4. The van der Waals surface area contributed by atoms with Crippen LogP contribution in [-0.2, 0) is 6.61 Å². The van der Waals surface area contributed by atoms with Crippen LogP contribution >= 0.6 is 0 Å². The standard InChI is InChI=1S/C55H40N2O/c56-53-32-31-50-51(55(53)58-37-38-25-26-41-17-7-8-18-43(41)33-38)23-12-24-54(50)57(48-21-11-20-44(35-48)39-13-3-1-4-14-39)47-29-27-42(28-30-47)52-36-46(40-15-5-2-6-16-40)34-45-19-9-10-22-49(45)52/h1-36H,37,56H2. The monoisotopic (exact) mass is 744 g/mol. The SMILES string of the molecule is Nc1ccc2c(N(c3ccc(-c4cc(-c5ccccc5)cc5ccccc45)cc3)c3cccc(-c4ccccc4)c3)cccc2c1OCc1ccc2ccccc2c1. The van der Waals surface area contributed by atoms with E-state index in [4.69, 9.17) is 10.5 Å². The Balaban J connectivity index is 1.09. The van der Waals surface area contributed by atoms with E-state index >= 15 is 0 Å². The van der Waals surface area contributed by atoms with Crippen molar-refractivity contribution in [1.29, 1.82) is 0 Å². The van der Waals surface area contributed by atoms with Crippen molar-refractivity contribution in [2.45, 2.75) is 6.61 Å². The van der Waals surface area contributed by atoms with Gasteiger partial charge in [0.1, 0.15) is 6.61 Å². The fourth-order valence-electron chi connectivity index (χ4n) is 8.19. The number of fused-ring (bicyclic) bond motifs is 3. The second-order valence-electron chi connectivity index (χ2n) is 14.7. The third-order valence-corrected chi connectivity index (χ3v) is 11.1. The molecule has 0 aliphatic rings. The molecule has 0 saturated heterocycles. The van der Waals surface area contributed by atoms with Gasteiger partial charge in [-0.1, -0.05) is 158 Å². The highest BCUT2D eigenvalue weighted by Gasteiger charge is 2.19. The number of hydrogen-bond donors (Lipinski definition) is 1. The van der Waals surface area contributed by atoms with E-state index in [-0.39, 0.29) is 0 Å². The summed E-state index contributed by atoms with van der Waals surface area (Å²) in [5.41, 5.74) is 18.6. The summed E-state index contributed by atoms with van der Waals surface area (Å²) in [7, 11) is 0. The molecule has 0 fully saturated rings. The molecule has 3 heteroatoms. The minimum absolute atomic E-state index is 0.406. The Kier molecular flexibility index (Phi) is 9.09. The van der Waals surface area contributed by atoms with E-state index < -0.39 is 0 Å². The smallest absolute Gasteiger partial charge is 0.150 e. The first-order chi connectivity index (χ1) is 28.7. The van der Waals surface area contributed by atoms with Gasteiger partial charge in [-0.2, -0.15) is 0 Å². The van der Waals surface area contributed by atoms with E-state index in [0.717, 1.165) is 44.5 Å². The van der Waals surface area contributed by atoms with Gasteiger partial charge in [0.15, 0.2) is 5.75 Å². The van der Waals surface area contributed by atoms with Gasteiger partial charge in [0.25, 0.3) is 0 Å². The number of nitrogens with two attached hydrogens (primary N) is 1. The Bertz CT molecular complexity index is 3070. The van der Waals surface area contributed by atoms with Crippen molar-refractivity contribution < 1.29 is 4.74 Å². The molecule has 0 aliphatic heterocycles. The van der Waals surface area contributed by atoms with Crippen LogP contribution in [0.2, 0.25) is 0 Å². The molecule has 10 aromatic rings. The lowest BCUT2D eigenvalue weighted by atomic mass is 9.93. The topological polar surface area (TPSA) is 38.5 Å². The maximum absolute atomic E-state index is 6.69. The molecule has 10 aromatic carbocycles. The third kappa shape index (κ3) is 6.69. The quantitative estimate of drug-likeness (QED) is 0.150. The summed E-state index contributed by atoms with van der Waals surface area (Å²) in [5.74, 6) is 0.686. The summed E-state index contributed by atoms with van der Waals surface area (Å²) in [4.78, 5) is 2.35. The number of nitrogen functional groups attached to an aromatic ring is 1. The maximum Gasteiger partial charge on any atom is 0.150 e. The third-order valence-electron chi connectivity index (χ3n) is 11.1.